The number of carbonyl (C=O) groups is 1. The van der Waals surface area contributed by atoms with Gasteiger partial charge in [-0.15, -0.1) is 0 Å². The quantitative estimate of drug-likeness (QED) is 0.854. The lowest BCUT2D eigenvalue weighted by atomic mass is 10.1. The minimum atomic E-state index is -2.91. The number of amides is 1. The molecule has 1 aromatic carbocycles. The Bertz CT molecular complexity index is 614. The number of methoxy groups -OCH3 is 1. The Morgan fingerprint density at radius 1 is 1.32 bits per heavy atom. The van der Waals surface area contributed by atoms with E-state index >= 15 is 0 Å². The maximum absolute atomic E-state index is 12.2. The van der Waals surface area contributed by atoms with Crippen molar-refractivity contribution < 1.29 is 27.5 Å². The van der Waals surface area contributed by atoms with E-state index in [0.29, 0.717) is 13.0 Å². The Labute approximate surface area is 125 Å². The summed E-state index contributed by atoms with van der Waals surface area (Å²) >= 11 is 0. The normalized spacial score (nSPS) is 10.5. The molecule has 7 heteroatoms. The monoisotopic (exact) mass is 311 g/mol. The van der Waals surface area contributed by atoms with E-state index in [1.165, 1.54) is 19.4 Å². The first-order valence-electron chi connectivity index (χ1n) is 6.53. The van der Waals surface area contributed by atoms with Gasteiger partial charge < -0.3 is 19.2 Å². The minimum Gasteiger partial charge on any atom is -0.493 e. The molecule has 0 spiro atoms. The van der Waals surface area contributed by atoms with Gasteiger partial charge in [0.1, 0.15) is 0 Å². The van der Waals surface area contributed by atoms with E-state index in [1.807, 2.05) is 0 Å². The van der Waals surface area contributed by atoms with Crippen LogP contribution in [0, 0.1) is 0 Å². The predicted molar refractivity (Wildman–Crippen MR) is 74.4 cm³/mol. The van der Waals surface area contributed by atoms with Crippen LogP contribution in [0.25, 0.3) is 0 Å². The standard InChI is InChI=1S/C15H15F2NO4/c1-20-13-9-10(4-5-11(13)22-15(16)17)6-7-18-14(19)12-3-2-8-21-12/h2-5,8-9,15H,6-7H2,1H3,(H,18,19). The molecule has 2 aromatic rings. The fourth-order valence-electron chi connectivity index (χ4n) is 1.88. The first-order chi connectivity index (χ1) is 10.6. The summed E-state index contributed by atoms with van der Waals surface area (Å²) in [5.41, 5.74) is 0.818. The van der Waals surface area contributed by atoms with Crippen LogP contribution in [0.15, 0.2) is 41.0 Å². The number of benzene rings is 1. The molecular weight excluding hydrogens is 296 g/mol. The Balaban J connectivity index is 1.91. The van der Waals surface area contributed by atoms with E-state index in [4.69, 9.17) is 9.15 Å². The SMILES string of the molecule is COc1cc(CCNC(=O)c2ccco2)ccc1OC(F)F. The van der Waals surface area contributed by atoms with Crippen LogP contribution >= 0.6 is 0 Å². The number of carbonyl (C=O) groups excluding carboxylic acids is 1. The van der Waals surface area contributed by atoms with Gasteiger partial charge in [0.05, 0.1) is 13.4 Å². The molecule has 0 radical (unpaired) electrons. The van der Waals surface area contributed by atoms with Crippen molar-refractivity contribution in [3.05, 3.63) is 47.9 Å². The van der Waals surface area contributed by atoms with Crippen LogP contribution in [0.1, 0.15) is 16.1 Å². The summed E-state index contributed by atoms with van der Waals surface area (Å²) in [6.45, 7) is -2.54. The second-order valence-electron chi connectivity index (χ2n) is 4.35. The third kappa shape index (κ3) is 4.21. The Kier molecular flexibility index (Phi) is 5.35. The van der Waals surface area contributed by atoms with E-state index < -0.39 is 6.61 Å². The number of halogens is 2. The summed E-state index contributed by atoms with van der Waals surface area (Å²) in [4.78, 5) is 11.7. The minimum absolute atomic E-state index is 0.0270. The fourth-order valence-corrected chi connectivity index (χ4v) is 1.88. The van der Waals surface area contributed by atoms with E-state index in [2.05, 4.69) is 10.1 Å². The van der Waals surface area contributed by atoms with E-state index in [-0.39, 0.29) is 23.2 Å². The van der Waals surface area contributed by atoms with Crippen LogP contribution in [0.3, 0.4) is 0 Å². The van der Waals surface area contributed by atoms with Crippen LogP contribution in [0.5, 0.6) is 11.5 Å². The number of ether oxygens (including phenoxy) is 2. The molecule has 1 aromatic heterocycles. The van der Waals surface area contributed by atoms with Gasteiger partial charge in [0.15, 0.2) is 17.3 Å². The van der Waals surface area contributed by atoms with E-state index in [9.17, 15) is 13.6 Å². The van der Waals surface area contributed by atoms with Crippen molar-refractivity contribution in [2.75, 3.05) is 13.7 Å². The summed E-state index contributed by atoms with van der Waals surface area (Å²) < 4.78 is 38.8. The van der Waals surface area contributed by atoms with Crippen molar-refractivity contribution in [3.8, 4) is 11.5 Å². The Morgan fingerprint density at radius 3 is 2.77 bits per heavy atom. The smallest absolute Gasteiger partial charge is 0.387 e. The highest BCUT2D eigenvalue weighted by Gasteiger charge is 2.11. The molecule has 1 heterocycles. The average molecular weight is 311 g/mol. The molecular formula is C15H15F2NO4. The molecule has 1 amide bonds. The van der Waals surface area contributed by atoms with Gasteiger partial charge in [0.25, 0.3) is 5.91 Å². The van der Waals surface area contributed by atoms with Crippen LogP contribution in [0.2, 0.25) is 0 Å². The molecule has 118 valence electrons. The predicted octanol–water partition coefficient (Wildman–Crippen LogP) is 2.86. The van der Waals surface area contributed by atoms with Gasteiger partial charge in [-0.1, -0.05) is 6.07 Å². The largest absolute Gasteiger partial charge is 0.493 e. The first kappa shape index (κ1) is 15.8. The Morgan fingerprint density at radius 2 is 2.14 bits per heavy atom. The number of furan rings is 1. The fraction of sp³-hybridized carbons (Fsp3) is 0.267. The van der Waals surface area contributed by atoms with Crippen molar-refractivity contribution >= 4 is 5.91 Å². The van der Waals surface area contributed by atoms with Crippen molar-refractivity contribution in [1.82, 2.24) is 5.32 Å². The molecule has 0 unspecified atom stereocenters. The molecule has 5 nitrogen and oxygen atoms in total. The second-order valence-corrected chi connectivity index (χ2v) is 4.35. The molecule has 0 aliphatic heterocycles. The van der Waals surface area contributed by atoms with E-state index in [1.54, 1.807) is 24.3 Å². The van der Waals surface area contributed by atoms with Crippen molar-refractivity contribution in [2.24, 2.45) is 0 Å². The highest BCUT2D eigenvalue weighted by molar-refractivity contribution is 5.91. The van der Waals surface area contributed by atoms with E-state index in [0.717, 1.165) is 5.56 Å². The van der Waals surface area contributed by atoms with Gasteiger partial charge in [0.2, 0.25) is 0 Å². The molecule has 0 fully saturated rings. The summed E-state index contributed by atoms with van der Waals surface area (Å²) in [7, 11) is 1.37. The van der Waals surface area contributed by atoms with Gasteiger partial charge in [-0.25, -0.2) is 0 Å². The molecule has 0 saturated carbocycles. The zero-order valence-corrected chi connectivity index (χ0v) is 11.8. The highest BCUT2D eigenvalue weighted by Crippen LogP contribution is 2.29. The average Bonchev–Trinajstić information content (AvgIpc) is 3.02. The number of alkyl halides is 2. The van der Waals surface area contributed by atoms with Crippen LogP contribution in [0.4, 0.5) is 8.78 Å². The maximum Gasteiger partial charge on any atom is 0.387 e. The number of rotatable bonds is 7. The summed E-state index contributed by atoms with van der Waals surface area (Å²) in [5.74, 6) is 0.115. The molecule has 0 atom stereocenters. The Hall–Kier alpha value is -2.57. The number of hydrogen-bond acceptors (Lipinski definition) is 4. The zero-order chi connectivity index (χ0) is 15.9. The molecule has 0 aliphatic rings. The molecule has 0 saturated heterocycles. The van der Waals surface area contributed by atoms with Crippen LogP contribution in [-0.2, 0) is 6.42 Å². The first-order valence-corrected chi connectivity index (χ1v) is 6.53. The molecule has 2 rings (SSSR count). The lowest BCUT2D eigenvalue weighted by molar-refractivity contribution is -0.0512. The van der Waals surface area contributed by atoms with Gasteiger partial charge >= 0.3 is 6.61 Å². The molecule has 22 heavy (non-hydrogen) atoms. The van der Waals surface area contributed by atoms with Gasteiger partial charge in [-0.2, -0.15) is 8.78 Å². The number of hydrogen-bond donors (Lipinski definition) is 1. The molecule has 1 N–H and O–H groups in total. The van der Waals surface area contributed by atoms with Crippen LogP contribution in [-0.4, -0.2) is 26.2 Å². The van der Waals surface area contributed by atoms with Crippen molar-refractivity contribution in [1.29, 1.82) is 0 Å². The maximum atomic E-state index is 12.2. The van der Waals surface area contributed by atoms with Gasteiger partial charge in [-0.05, 0) is 36.2 Å². The van der Waals surface area contributed by atoms with Crippen molar-refractivity contribution in [2.45, 2.75) is 13.0 Å². The topological polar surface area (TPSA) is 60.7 Å². The van der Waals surface area contributed by atoms with Gasteiger partial charge in [-0.3, -0.25) is 4.79 Å². The summed E-state index contributed by atoms with van der Waals surface area (Å²) in [5, 5.41) is 2.69. The van der Waals surface area contributed by atoms with Gasteiger partial charge in [0, 0.05) is 6.54 Å². The summed E-state index contributed by atoms with van der Waals surface area (Å²) in [6.07, 6.45) is 1.93. The number of nitrogens with one attached hydrogen (secondary N) is 1. The highest BCUT2D eigenvalue weighted by atomic mass is 19.3. The lowest BCUT2D eigenvalue weighted by Crippen LogP contribution is -2.25. The molecule has 0 aliphatic carbocycles. The lowest BCUT2D eigenvalue weighted by Gasteiger charge is -2.11. The van der Waals surface area contributed by atoms with Crippen molar-refractivity contribution in [3.63, 3.8) is 0 Å². The zero-order valence-electron chi connectivity index (χ0n) is 11.8. The third-order valence-electron chi connectivity index (χ3n) is 2.89. The molecule has 0 bridgehead atoms. The van der Waals surface area contributed by atoms with Crippen LogP contribution < -0.4 is 14.8 Å². The summed E-state index contributed by atoms with van der Waals surface area (Å²) in [6, 6.07) is 7.83. The third-order valence-corrected chi connectivity index (χ3v) is 2.89. The second kappa shape index (κ2) is 7.44.